The molecule has 5 nitrogen and oxygen atoms in total. The molecule has 4 rings (SSSR count). The zero-order chi connectivity index (χ0) is 19.0. The fourth-order valence-corrected chi connectivity index (χ4v) is 4.56. The molecule has 0 radical (unpaired) electrons. The summed E-state index contributed by atoms with van der Waals surface area (Å²) in [5.74, 6) is 0.149. The van der Waals surface area contributed by atoms with Gasteiger partial charge in [0.1, 0.15) is 0 Å². The Bertz CT molecular complexity index is 841. The zero-order valence-corrected chi connectivity index (χ0v) is 16.8. The van der Waals surface area contributed by atoms with Gasteiger partial charge in [0.05, 0.1) is 10.8 Å². The van der Waals surface area contributed by atoms with Gasteiger partial charge in [0, 0.05) is 50.0 Å². The van der Waals surface area contributed by atoms with E-state index < -0.39 is 0 Å². The molecule has 0 saturated carbocycles. The first-order valence-corrected chi connectivity index (χ1v) is 10.4. The quantitative estimate of drug-likeness (QED) is 0.790. The molecule has 0 bridgehead atoms. The minimum Gasteiger partial charge on any atom is -0.368 e. The molecule has 2 aromatic rings. The van der Waals surface area contributed by atoms with Gasteiger partial charge in [0.25, 0.3) is 5.91 Å². The van der Waals surface area contributed by atoms with Gasteiger partial charge >= 0.3 is 0 Å². The summed E-state index contributed by atoms with van der Waals surface area (Å²) < 4.78 is 0. The first-order chi connectivity index (χ1) is 13.0. The van der Waals surface area contributed by atoms with Crippen molar-refractivity contribution in [1.29, 1.82) is 0 Å². The summed E-state index contributed by atoms with van der Waals surface area (Å²) in [6, 6.07) is 9.64. The van der Waals surface area contributed by atoms with Gasteiger partial charge in [-0.3, -0.25) is 9.59 Å². The van der Waals surface area contributed by atoms with Crippen LogP contribution in [0.15, 0.2) is 35.7 Å². The Balaban J connectivity index is 1.30. The van der Waals surface area contributed by atoms with Crippen molar-refractivity contribution in [1.82, 2.24) is 9.80 Å². The highest BCUT2D eigenvalue weighted by atomic mass is 35.5. The van der Waals surface area contributed by atoms with E-state index in [1.165, 1.54) is 16.9 Å². The molecule has 7 heteroatoms. The maximum Gasteiger partial charge on any atom is 0.263 e. The van der Waals surface area contributed by atoms with Crippen LogP contribution in [0, 0.1) is 12.8 Å². The Hall–Kier alpha value is -2.05. The Morgan fingerprint density at radius 2 is 1.81 bits per heavy atom. The van der Waals surface area contributed by atoms with Crippen LogP contribution in [-0.4, -0.2) is 60.9 Å². The average molecular weight is 404 g/mol. The molecule has 0 unspecified atom stereocenters. The lowest BCUT2D eigenvalue weighted by atomic mass is 9.97. The predicted molar refractivity (Wildman–Crippen MR) is 109 cm³/mol. The summed E-state index contributed by atoms with van der Waals surface area (Å²) in [6.45, 7) is 6.17. The summed E-state index contributed by atoms with van der Waals surface area (Å²) in [6.07, 6.45) is 0. The van der Waals surface area contributed by atoms with E-state index >= 15 is 0 Å². The first kappa shape index (κ1) is 18.3. The van der Waals surface area contributed by atoms with E-state index in [9.17, 15) is 9.59 Å². The van der Waals surface area contributed by atoms with Crippen LogP contribution in [0.4, 0.5) is 5.69 Å². The third-order valence-electron chi connectivity index (χ3n) is 5.35. The van der Waals surface area contributed by atoms with E-state index in [0.29, 0.717) is 26.2 Å². The highest BCUT2D eigenvalue weighted by molar-refractivity contribution is 7.12. The lowest BCUT2D eigenvalue weighted by Crippen LogP contribution is -2.59. The van der Waals surface area contributed by atoms with Crippen LogP contribution in [-0.2, 0) is 4.79 Å². The molecule has 2 amide bonds. The molecule has 0 spiro atoms. The minimum absolute atomic E-state index is 0.0373. The number of carbonyl (C=O) groups excluding carboxylic acids is 2. The largest absolute Gasteiger partial charge is 0.368 e. The van der Waals surface area contributed by atoms with Crippen molar-refractivity contribution in [3.8, 4) is 0 Å². The predicted octanol–water partition coefficient (Wildman–Crippen LogP) is 3.13. The fraction of sp³-hybridized carbons (Fsp3) is 0.400. The molecule has 1 aromatic heterocycles. The van der Waals surface area contributed by atoms with Gasteiger partial charge in [-0.05, 0) is 36.1 Å². The molecular formula is C20H22ClN3O2S. The van der Waals surface area contributed by atoms with Crippen LogP contribution in [0.25, 0.3) is 0 Å². The van der Waals surface area contributed by atoms with Gasteiger partial charge in [-0.1, -0.05) is 23.7 Å². The number of aryl methyl sites for hydroxylation is 1. The number of nitrogens with zero attached hydrogens (tertiary/aromatic N) is 3. The average Bonchev–Trinajstić information content (AvgIpc) is 3.17. The standard InChI is InChI=1S/C20H22ClN3O2S/c1-14-4-5-16(21)11-17(14)22-6-8-23(9-7-22)19(25)15-12-24(13-15)20(26)18-3-2-10-27-18/h2-5,10-11,15H,6-9,12-13H2,1H3. The van der Waals surface area contributed by atoms with E-state index in [0.717, 1.165) is 28.7 Å². The van der Waals surface area contributed by atoms with E-state index in [1.54, 1.807) is 4.90 Å². The van der Waals surface area contributed by atoms with E-state index in [1.807, 2.05) is 40.6 Å². The molecule has 2 aliphatic heterocycles. The van der Waals surface area contributed by atoms with Crippen molar-refractivity contribution in [2.24, 2.45) is 5.92 Å². The molecule has 27 heavy (non-hydrogen) atoms. The van der Waals surface area contributed by atoms with Gasteiger partial charge in [-0.2, -0.15) is 0 Å². The molecular weight excluding hydrogens is 382 g/mol. The highest BCUT2D eigenvalue weighted by Gasteiger charge is 2.39. The van der Waals surface area contributed by atoms with Crippen LogP contribution >= 0.6 is 22.9 Å². The Morgan fingerprint density at radius 1 is 1.07 bits per heavy atom. The number of likely N-dealkylation sites (tertiary alicyclic amines) is 1. The van der Waals surface area contributed by atoms with Crippen molar-refractivity contribution < 1.29 is 9.59 Å². The highest BCUT2D eigenvalue weighted by Crippen LogP contribution is 2.27. The summed E-state index contributed by atoms with van der Waals surface area (Å²) in [4.78, 5) is 31.8. The number of hydrogen-bond acceptors (Lipinski definition) is 4. The maximum atomic E-state index is 12.8. The molecule has 2 saturated heterocycles. The fourth-order valence-electron chi connectivity index (χ4n) is 3.71. The van der Waals surface area contributed by atoms with Crippen molar-refractivity contribution in [3.63, 3.8) is 0 Å². The van der Waals surface area contributed by atoms with Crippen LogP contribution in [0.2, 0.25) is 5.02 Å². The van der Waals surface area contributed by atoms with E-state index in [4.69, 9.17) is 11.6 Å². The second-order valence-electron chi connectivity index (χ2n) is 7.13. The monoisotopic (exact) mass is 403 g/mol. The molecule has 0 aliphatic carbocycles. The van der Waals surface area contributed by atoms with Crippen molar-refractivity contribution >= 4 is 40.4 Å². The molecule has 1 aromatic carbocycles. The molecule has 2 aliphatic rings. The lowest BCUT2D eigenvalue weighted by molar-refractivity contribution is -0.140. The van der Waals surface area contributed by atoms with Crippen molar-refractivity contribution in [3.05, 3.63) is 51.2 Å². The number of carbonyl (C=O) groups is 2. The van der Waals surface area contributed by atoms with Crippen molar-refractivity contribution in [2.45, 2.75) is 6.92 Å². The second kappa shape index (κ2) is 7.52. The number of rotatable bonds is 3. The van der Waals surface area contributed by atoms with Crippen LogP contribution in [0.1, 0.15) is 15.2 Å². The smallest absolute Gasteiger partial charge is 0.263 e. The number of amides is 2. The summed E-state index contributed by atoms with van der Waals surface area (Å²) in [5.41, 5.74) is 2.34. The molecule has 2 fully saturated rings. The van der Waals surface area contributed by atoms with Crippen LogP contribution in [0.5, 0.6) is 0 Å². The third-order valence-corrected chi connectivity index (χ3v) is 6.45. The SMILES string of the molecule is Cc1ccc(Cl)cc1N1CCN(C(=O)C2CN(C(=O)c3cccs3)C2)CC1. The molecule has 142 valence electrons. The number of thiophene rings is 1. The number of benzene rings is 1. The van der Waals surface area contributed by atoms with Gasteiger partial charge < -0.3 is 14.7 Å². The molecule has 0 N–H and O–H groups in total. The topological polar surface area (TPSA) is 43.9 Å². The number of halogens is 1. The molecule has 3 heterocycles. The minimum atomic E-state index is -0.0617. The third kappa shape index (κ3) is 3.69. The van der Waals surface area contributed by atoms with Crippen LogP contribution < -0.4 is 4.90 Å². The number of hydrogen-bond donors (Lipinski definition) is 0. The second-order valence-corrected chi connectivity index (χ2v) is 8.51. The normalized spacial score (nSPS) is 17.8. The van der Waals surface area contributed by atoms with E-state index in [-0.39, 0.29) is 17.7 Å². The summed E-state index contributed by atoms with van der Waals surface area (Å²) in [7, 11) is 0. The van der Waals surface area contributed by atoms with Gasteiger partial charge in [-0.25, -0.2) is 0 Å². The summed E-state index contributed by atoms with van der Waals surface area (Å²) in [5, 5.41) is 2.63. The van der Waals surface area contributed by atoms with Crippen molar-refractivity contribution in [2.75, 3.05) is 44.2 Å². The van der Waals surface area contributed by atoms with Gasteiger partial charge in [-0.15, -0.1) is 11.3 Å². The first-order valence-electron chi connectivity index (χ1n) is 9.15. The van der Waals surface area contributed by atoms with Crippen LogP contribution in [0.3, 0.4) is 0 Å². The Kier molecular flexibility index (Phi) is 5.10. The number of anilines is 1. The zero-order valence-electron chi connectivity index (χ0n) is 15.2. The molecule has 0 atom stereocenters. The summed E-state index contributed by atoms with van der Waals surface area (Å²) >= 11 is 7.58. The Labute approximate surface area is 168 Å². The van der Waals surface area contributed by atoms with Gasteiger partial charge in [0.2, 0.25) is 5.91 Å². The Morgan fingerprint density at radius 3 is 2.48 bits per heavy atom. The van der Waals surface area contributed by atoms with Gasteiger partial charge in [0.15, 0.2) is 0 Å². The van der Waals surface area contributed by atoms with E-state index in [2.05, 4.69) is 11.8 Å². The maximum absolute atomic E-state index is 12.8. The number of piperazine rings is 1. The lowest BCUT2D eigenvalue weighted by Gasteiger charge is -2.43.